The summed E-state index contributed by atoms with van der Waals surface area (Å²) in [5.41, 5.74) is 3.62. The van der Waals surface area contributed by atoms with Crippen molar-refractivity contribution in [2.45, 2.75) is 39.0 Å². The van der Waals surface area contributed by atoms with Gasteiger partial charge in [-0.2, -0.15) is 0 Å². The van der Waals surface area contributed by atoms with Gasteiger partial charge in [0.15, 0.2) is 0 Å². The highest BCUT2D eigenvalue weighted by Crippen LogP contribution is 2.47. The van der Waals surface area contributed by atoms with E-state index in [4.69, 9.17) is 4.74 Å². The average molecular weight is 259 g/mol. The van der Waals surface area contributed by atoms with Crippen LogP contribution in [-0.4, -0.2) is 20.2 Å². The van der Waals surface area contributed by atoms with Gasteiger partial charge in [-0.15, -0.1) is 0 Å². The second-order valence-corrected chi connectivity index (χ2v) is 6.23. The van der Waals surface area contributed by atoms with Gasteiger partial charge in [-0.1, -0.05) is 19.4 Å². The Labute approximate surface area is 116 Å². The topological polar surface area (TPSA) is 21.3 Å². The molecular weight excluding hydrogens is 234 g/mol. The molecule has 1 aromatic carbocycles. The molecule has 1 aliphatic carbocycles. The lowest BCUT2D eigenvalue weighted by Gasteiger charge is -2.47. The van der Waals surface area contributed by atoms with Crippen molar-refractivity contribution in [1.29, 1.82) is 0 Å². The molecule has 0 aromatic heterocycles. The van der Waals surface area contributed by atoms with Crippen LogP contribution in [0.2, 0.25) is 0 Å². The minimum Gasteiger partial charge on any atom is -0.497 e. The van der Waals surface area contributed by atoms with Crippen LogP contribution in [0.3, 0.4) is 0 Å². The van der Waals surface area contributed by atoms with Gasteiger partial charge in [0.1, 0.15) is 5.75 Å². The number of rotatable bonds is 2. The zero-order chi connectivity index (χ0) is 13.3. The number of methoxy groups -OCH3 is 1. The molecule has 2 nitrogen and oxygen atoms in total. The van der Waals surface area contributed by atoms with E-state index in [1.54, 1.807) is 12.7 Å². The summed E-state index contributed by atoms with van der Waals surface area (Å²) < 4.78 is 5.40. The van der Waals surface area contributed by atoms with Gasteiger partial charge in [0.25, 0.3) is 0 Å². The largest absolute Gasteiger partial charge is 0.497 e. The molecule has 1 aliphatic heterocycles. The summed E-state index contributed by atoms with van der Waals surface area (Å²) in [5.74, 6) is 1.85. The summed E-state index contributed by atoms with van der Waals surface area (Å²) in [7, 11) is 1.76. The van der Waals surface area contributed by atoms with E-state index in [9.17, 15) is 0 Å². The summed E-state index contributed by atoms with van der Waals surface area (Å²) in [6.45, 7) is 4.74. The maximum Gasteiger partial charge on any atom is 0.119 e. The van der Waals surface area contributed by atoms with Gasteiger partial charge in [0, 0.05) is 0 Å². The van der Waals surface area contributed by atoms with Crippen molar-refractivity contribution in [2.24, 2.45) is 11.3 Å². The molecule has 19 heavy (non-hydrogen) atoms. The van der Waals surface area contributed by atoms with Crippen LogP contribution in [0.1, 0.15) is 37.3 Å². The predicted octanol–water partition coefficient (Wildman–Crippen LogP) is 3.19. The van der Waals surface area contributed by atoms with Gasteiger partial charge in [-0.3, -0.25) is 0 Å². The molecule has 1 fully saturated rings. The first-order valence-electron chi connectivity index (χ1n) is 7.64. The van der Waals surface area contributed by atoms with Gasteiger partial charge in [0.05, 0.1) is 7.11 Å². The number of ether oxygens (including phenoxy) is 1. The van der Waals surface area contributed by atoms with Crippen LogP contribution in [0.5, 0.6) is 5.75 Å². The molecule has 2 aliphatic rings. The van der Waals surface area contributed by atoms with E-state index >= 15 is 0 Å². The first-order chi connectivity index (χ1) is 9.27. The lowest BCUT2D eigenvalue weighted by Crippen LogP contribution is -2.47. The lowest BCUT2D eigenvalue weighted by atomic mass is 9.60. The second kappa shape index (κ2) is 5.16. The van der Waals surface area contributed by atoms with E-state index in [0.29, 0.717) is 5.41 Å². The Bertz CT molecular complexity index is 457. The number of nitrogens with one attached hydrogen (secondary N) is 1. The first-order valence-corrected chi connectivity index (χ1v) is 7.64. The molecule has 1 saturated heterocycles. The van der Waals surface area contributed by atoms with Crippen LogP contribution >= 0.6 is 0 Å². The number of fused-ring (bicyclic) bond motifs is 1. The van der Waals surface area contributed by atoms with Crippen LogP contribution in [0, 0.1) is 11.3 Å². The van der Waals surface area contributed by atoms with Crippen molar-refractivity contribution in [3.63, 3.8) is 0 Å². The van der Waals surface area contributed by atoms with Gasteiger partial charge >= 0.3 is 0 Å². The maximum atomic E-state index is 5.40. The van der Waals surface area contributed by atoms with Gasteiger partial charge in [-0.25, -0.2) is 0 Å². The van der Waals surface area contributed by atoms with E-state index < -0.39 is 0 Å². The van der Waals surface area contributed by atoms with E-state index in [0.717, 1.165) is 11.7 Å². The number of aryl methyl sites for hydroxylation is 1. The molecule has 0 radical (unpaired) electrons. The van der Waals surface area contributed by atoms with Crippen LogP contribution < -0.4 is 10.1 Å². The smallest absolute Gasteiger partial charge is 0.119 e. The van der Waals surface area contributed by atoms with Crippen LogP contribution in [-0.2, 0) is 12.8 Å². The highest BCUT2D eigenvalue weighted by atomic mass is 16.5. The van der Waals surface area contributed by atoms with Crippen molar-refractivity contribution < 1.29 is 4.74 Å². The van der Waals surface area contributed by atoms with E-state index in [-0.39, 0.29) is 0 Å². The number of hydrogen-bond donors (Lipinski definition) is 1. The molecule has 2 atom stereocenters. The zero-order valence-corrected chi connectivity index (χ0v) is 12.2. The maximum absolute atomic E-state index is 5.40. The molecule has 1 spiro atoms. The monoisotopic (exact) mass is 259 g/mol. The normalized spacial score (nSPS) is 30.1. The molecule has 1 heterocycles. The fourth-order valence-corrected chi connectivity index (χ4v) is 4.16. The minimum absolute atomic E-state index is 0.541. The van der Waals surface area contributed by atoms with Gasteiger partial charge < -0.3 is 10.1 Å². The van der Waals surface area contributed by atoms with Crippen molar-refractivity contribution in [3.05, 3.63) is 29.3 Å². The van der Waals surface area contributed by atoms with Gasteiger partial charge in [-0.05, 0) is 73.4 Å². The Kier molecular flexibility index (Phi) is 3.53. The van der Waals surface area contributed by atoms with Crippen LogP contribution in [0.25, 0.3) is 0 Å². The van der Waals surface area contributed by atoms with Crippen molar-refractivity contribution in [2.75, 3.05) is 20.2 Å². The zero-order valence-electron chi connectivity index (χ0n) is 12.2. The predicted molar refractivity (Wildman–Crippen MR) is 78.7 cm³/mol. The molecular formula is C17H25NO. The van der Waals surface area contributed by atoms with Crippen molar-refractivity contribution in [3.8, 4) is 5.75 Å². The summed E-state index contributed by atoms with van der Waals surface area (Å²) in [6, 6.07) is 6.64. The van der Waals surface area contributed by atoms with Gasteiger partial charge in [0.2, 0.25) is 0 Å². The first kappa shape index (κ1) is 13.0. The SMILES string of the molecule is CCC1CNCCC12CCc1ccc(OC)cc1C2. The second-order valence-electron chi connectivity index (χ2n) is 6.23. The Morgan fingerprint density at radius 1 is 1.32 bits per heavy atom. The van der Waals surface area contributed by atoms with Crippen molar-refractivity contribution >= 4 is 0 Å². The number of benzene rings is 1. The molecule has 2 unspecified atom stereocenters. The fraction of sp³-hybridized carbons (Fsp3) is 0.647. The van der Waals surface area contributed by atoms with E-state index in [1.807, 2.05) is 0 Å². The van der Waals surface area contributed by atoms with Crippen molar-refractivity contribution in [1.82, 2.24) is 5.32 Å². The average Bonchev–Trinajstić information content (AvgIpc) is 2.47. The molecule has 3 rings (SSSR count). The molecule has 0 amide bonds. The lowest BCUT2D eigenvalue weighted by molar-refractivity contribution is 0.0848. The standard InChI is InChI=1S/C17H25NO/c1-3-15-12-18-9-8-17(15)7-6-13-4-5-16(19-2)10-14(13)11-17/h4-5,10,15,18H,3,6-9,11-12H2,1-2H3. The molecule has 0 saturated carbocycles. The molecule has 0 bridgehead atoms. The Morgan fingerprint density at radius 2 is 2.21 bits per heavy atom. The Morgan fingerprint density at radius 3 is 3.00 bits per heavy atom. The third-order valence-corrected chi connectivity index (χ3v) is 5.40. The quantitative estimate of drug-likeness (QED) is 0.880. The molecule has 104 valence electrons. The third-order valence-electron chi connectivity index (χ3n) is 5.40. The van der Waals surface area contributed by atoms with Crippen LogP contribution in [0.15, 0.2) is 18.2 Å². The number of piperidine rings is 1. The molecule has 2 heteroatoms. The Hall–Kier alpha value is -1.02. The summed E-state index contributed by atoms with van der Waals surface area (Å²) >= 11 is 0. The summed E-state index contributed by atoms with van der Waals surface area (Å²) in [5, 5.41) is 3.58. The number of hydrogen-bond acceptors (Lipinski definition) is 2. The molecule has 1 N–H and O–H groups in total. The third kappa shape index (κ3) is 2.27. The van der Waals surface area contributed by atoms with Crippen LogP contribution in [0.4, 0.5) is 0 Å². The highest BCUT2D eigenvalue weighted by molar-refractivity contribution is 5.38. The molecule has 1 aromatic rings. The summed E-state index contributed by atoms with van der Waals surface area (Å²) in [6.07, 6.45) is 6.50. The fourth-order valence-electron chi connectivity index (χ4n) is 4.16. The Balaban J connectivity index is 1.90. The summed E-state index contributed by atoms with van der Waals surface area (Å²) in [4.78, 5) is 0. The highest BCUT2D eigenvalue weighted by Gasteiger charge is 2.41. The van der Waals surface area contributed by atoms with E-state index in [1.165, 1.54) is 50.8 Å². The van der Waals surface area contributed by atoms with E-state index in [2.05, 4.69) is 30.4 Å². The minimum atomic E-state index is 0.541.